The molecular formula is C16H16N2O4S. The fraction of sp³-hybridized carbons (Fsp3) is 0.250. The fourth-order valence-corrected chi connectivity index (χ4v) is 3.94. The minimum absolute atomic E-state index is 0.0446. The van der Waals surface area contributed by atoms with Crippen LogP contribution in [0.4, 0.5) is 5.69 Å². The number of fused-ring (bicyclic) bond motifs is 1. The van der Waals surface area contributed by atoms with E-state index < -0.39 is 10.0 Å². The topological polar surface area (TPSA) is 76.6 Å². The van der Waals surface area contributed by atoms with Gasteiger partial charge in [0, 0.05) is 24.6 Å². The SMILES string of the molecule is CCOc1ccc(S(=O)(=O)N2CCC(=O)c3ccccc32)cn1. The highest BCUT2D eigenvalue weighted by atomic mass is 32.2. The van der Waals surface area contributed by atoms with Crippen molar-refractivity contribution in [1.29, 1.82) is 0 Å². The predicted molar refractivity (Wildman–Crippen MR) is 85.3 cm³/mol. The van der Waals surface area contributed by atoms with E-state index in [0.717, 1.165) is 0 Å². The van der Waals surface area contributed by atoms with Gasteiger partial charge in [0.25, 0.3) is 10.0 Å². The Hall–Kier alpha value is -2.41. The molecule has 0 saturated heterocycles. The summed E-state index contributed by atoms with van der Waals surface area (Å²) in [6.07, 6.45) is 1.44. The summed E-state index contributed by atoms with van der Waals surface area (Å²) >= 11 is 0. The van der Waals surface area contributed by atoms with E-state index in [0.29, 0.717) is 23.7 Å². The van der Waals surface area contributed by atoms with Crippen LogP contribution in [0.3, 0.4) is 0 Å². The number of Topliss-reactive ketones (excluding diaryl/α,β-unsaturated/α-hetero) is 1. The number of carbonyl (C=O) groups is 1. The number of ketones is 1. The first-order valence-electron chi connectivity index (χ1n) is 7.28. The lowest BCUT2D eigenvalue weighted by atomic mass is 10.0. The van der Waals surface area contributed by atoms with Crippen LogP contribution >= 0.6 is 0 Å². The van der Waals surface area contributed by atoms with Crippen LogP contribution in [0.2, 0.25) is 0 Å². The number of sulfonamides is 1. The number of rotatable bonds is 4. The Kier molecular flexibility index (Phi) is 4.04. The highest BCUT2D eigenvalue weighted by molar-refractivity contribution is 7.92. The maximum atomic E-state index is 12.9. The predicted octanol–water partition coefficient (Wildman–Crippen LogP) is 2.26. The van der Waals surface area contributed by atoms with E-state index in [-0.39, 0.29) is 23.6 Å². The van der Waals surface area contributed by atoms with Gasteiger partial charge in [-0.15, -0.1) is 0 Å². The van der Waals surface area contributed by atoms with Gasteiger partial charge in [-0.3, -0.25) is 9.10 Å². The number of hydrogen-bond acceptors (Lipinski definition) is 5. The van der Waals surface area contributed by atoms with Gasteiger partial charge >= 0.3 is 0 Å². The van der Waals surface area contributed by atoms with Crippen molar-refractivity contribution in [2.75, 3.05) is 17.5 Å². The van der Waals surface area contributed by atoms with E-state index >= 15 is 0 Å². The molecule has 2 aromatic rings. The van der Waals surface area contributed by atoms with Gasteiger partial charge in [0.1, 0.15) is 4.90 Å². The molecule has 1 aliphatic rings. The van der Waals surface area contributed by atoms with Gasteiger partial charge in [0.15, 0.2) is 5.78 Å². The van der Waals surface area contributed by atoms with Crippen LogP contribution < -0.4 is 9.04 Å². The molecular weight excluding hydrogens is 316 g/mol. The molecule has 0 saturated carbocycles. The van der Waals surface area contributed by atoms with Gasteiger partial charge in [-0.25, -0.2) is 13.4 Å². The molecule has 0 atom stereocenters. The lowest BCUT2D eigenvalue weighted by Gasteiger charge is -2.29. The van der Waals surface area contributed by atoms with Crippen molar-refractivity contribution in [3.05, 3.63) is 48.2 Å². The van der Waals surface area contributed by atoms with Gasteiger partial charge < -0.3 is 4.74 Å². The Balaban J connectivity index is 2.00. The van der Waals surface area contributed by atoms with Crippen LogP contribution in [0, 0.1) is 0 Å². The molecule has 2 heterocycles. The molecule has 0 radical (unpaired) electrons. The first-order valence-corrected chi connectivity index (χ1v) is 8.72. The average Bonchev–Trinajstić information content (AvgIpc) is 2.56. The number of nitrogens with zero attached hydrogens (tertiary/aromatic N) is 2. The van der Waals surface area contributed by atoms with E-state index in [1.807, 2.05) is 6.92 Å². The molecule has 23 heavy (non-hydrogen) atoms. The summed E-state index contributed by atoms with van der Waals surface area (Å²) in [5.41, 5.74) is 0.846. The van der Waals surface area contributed by atoms with E-state index in [2.05, 4.69) is 4.98 Å². The molecule has 1 aromatic heterocycles. The quantitative estimate of drug-likeness (QED) is 0.858. The lowest BCUT2D eigenvalue weighted by molar-refractivity contribution is 0.0982. The third kappa shape index (κ3) is 2.79. The van der Waals surface area contributed by atoms with Crippen LogP contribution in [0.25, 0.3) is 0 Å². The van der Waals surface area contributed by atoms with E-state index in [9.17, 15) is 13.2 Å². The number of para-hydroxylation sites is 1. The zero-order chi connectivity index (χ0) is 16.4. The van der Waals surface area contributed by atoms with Crippen molar-refractivity contribution >= 4 is 21.5 Å². The molecule has 6 nitrogen and oxygen atoms in total. The summed E-state index contributed by atoms with van der Waals surface area (Å²) in [6.45, 7) is 2.42. The van der Waals surface area contributed by atoms with Gasteiger partial charge in [-0.1, -0.05) is 12.1 Å². The minimum atomic E-state index is -3.77. The van der Waals surface area contributed by atoms with E-state index in [4.69, 9.17) is 4.74 Å². The third-order valence-electron chi connectivity index (χ3n) is 3.60. The Labute approximate surface area is 134 Å². The molecule has 120 valence electrons. The first kappa shape index (κ1) is 15.5. The minimum Gasteiger partial charge on any atom is -0.478 e. The Morgan fingerprint density at radius 1 is 1.22 bits per heavy atom. The Morgan fingerprint density at radius 3 is 2.70 bits per heavy atom. The highest BCUT2D eigenvalue weighted by Crippen LogP contribution is 2.31. The largest absolute Gasteiger partial charge is 0.478 e. The summed E-state index contributed by atoms with van der Waals surface area (Å²) in [4.78, 5) is 16.0. The number of hydrogen-bond donors (Lipinski definition) is 0. The molecule has 0 bridgehead atoms. The standard InChI is InChI=1S/C16H16N2O4S/c1-2-22-16-8-7-12(11-17-16)23(20,21)18-10-9-15(19)13-5-3-4-6-14(13)18/h3-8,11H,2,9-10H2,1H3. The van der Waals surface area contributed by atoms with Gasteiger partial charge in [-0.2, -0.15) is 0 Å². The summed E-state index contributed by atoms with van der Waals surface area (Å²) in [7, 11) is -3.77. The van der Waals surface area contributed by atoms with Crippen molar-refractivity contribution in [3.8, 4) is 5.88 Å². The number of carbonyl (C=O) groups excluding carboxylic acids is 1. The maximum absolute atomic E-state index is 12.9. The maximum Gasteiger partial charge on any atom is 0.265 e. The molecule has 0 unspecified atom stereocenters. The summed E-state index contributed by atoms with van der Waals surface area (Å²) in [5.74, 6) is 0.331. The molecule has 0 spiro atoms. The molecule has 0 aliphatic carbocycles. The van der Waals surface area contributed by atoms with Crippen molar-refractivity contribution in [2.24, 2.45) is 0 Å². The summed E-state index contributed by atoms with van der Waals surface area (Å²) < 4.78 is 32.2. The molecule has 1 aromatic carbocycles. The second kappa shape index (κ2) is 6.00. The van der Waals surface area contributed by atoms with Crippen molar-refractivity contribution in [2.45, 2.75) is 18.2 Å². The lowest BCUT2D eigenvalue weighted by Crippen LogP contribution is -2.37. The number of aromatic nitrogens is 1. The molecule has 7 heteroatoms. The Bertz CT molecular complexity index is 831. The smallest absolute Gasteiger partial charge is 0.265 e. The van der Waals surface area contributed by atoms with Gasteiger partial charge in [-0.05, 0) is 25.1 Å². The second-order valence-electron chi connectivity index (χ2n) is 5.03. The molecule has 3 rings (SSSR count). The summed E-state index contributed by atoms with van der Waals surface area (Å²) in [5, 5.41) is 0. The number of pyridine rings is 1. The number of anilines is 1. The first-order chi connectivity index (χ1) is 11.0. The fourth-order valence-electron chi connectivity index (χ4n) is 2.51. The second-order valence-corrected chi connectivity index (χ2v) is 6.89. The van der Waals surface area contributed by atoms with Gasteiger partial charge in [0.2, 0.25) is 5.88 Å². The van der Waals surface area contributed by atoms with Crippen LogP contribution in [-0.4, -0.2) is 32.3 Å². The highest BCUT2D eigenvalue weighted by Gasteiger charge is 2.32. The van der Waals surface area contributed by atoms with Crippen molar-refractivity contribution in [3.63, 3.8) is 0 Å². The Morgan fingerprint density at radius 2 is 2.00 bits per heavy atom. The molecule has 1 aliphatic heterocycles. The van der Waals surface area contributed by atoms with Crippen LogP contribution in [0.1, 0.15) is 23.7 Å². The van der Waals surface area contributed by atoms with Crippen LogP contribution in [0.15, 0.2) is 47.5 Å². The van der Waals surface area contributed by atoms with Crippen LogP contribution in [0.5, 0.6) is 5.88 Å². The molecule has 0 fully saturated rings. The van der Waals surface area contributed by atoms with E-state index in [1.54, 1.807) is 24.3 Å². The third-order valence-corrected chi connectivity index (χ3v) is 5.40. The monoisotopic (exact) mass is 332 g/mol. The van der Waals surface area contributed by atoms with E-state index in [1.165, 1.54) is 22.6 Å². The zero-order valence-electron chi connectivity index (χ0n) is 12.6. The van der Waals surface area contributed by atoms with Crippen molar-refractivity contribution < 1.29 is 17.9 Å². The van der Waals surface area contributed by atoms with Crippen LogP contribution in [-0.2, 0) is 10.0 Å². The molecule has 0 N–H and O–H groups in total. The zero-order valence-corrected chi connectivity index (χ0v) is 13.4. The summed E-state index contributed by atoms with van der Waals surface area (Å²) in [6, 6.07) is 9.73. The normalized spacial score (nSPS) is 14.5. The number of benzene rings is 1. The van der Waals surface area contributed by atoms with Crippen molar-refractivity contribution in [1.82, 2.24) is 4.98 Å². The average molecular weight is 332 g/mol. The molecule has 0 amide bonds. The number of ether oxygens (including phenoxy) is 1. The van der Waals surface area contributed by atoms with Gasteiger partial charge in [0.05, 0.1) is 18.5 Å².